The van der Waals surface area contributed by atoms with Crippen LogP contribution in [0.25, 0.3) is 11.1 Å². The minimum atomic E-state index is -4.74. The van der Waals surface area contributed by atoms with Gasteiger partial charge in [-0.3, -0.25) is 19.6 Å². The molecule has 2 heterocycles. The molecule has 0 saturated heterocycles. The third-order valence-corrected chi connectivity index (χ3v) is 13.8. The van der Waals surface area contributed by atoms with E-state index < -0.39 is 89.3 Å². The van der Waals surface area contributed by atoms with E-state index in [1.165, 1.54) is 84.9 Å². The molecule has 8 rings (SSSR count). The number of rotatable bonds is 13. The first-order chi connectivity index (χ1) is 37.3. The molecule has 0 aromatic heterocycles. The van der Waals surface area contributed by atoms with E-state index in [4.69, 9.17) is 20.6 Å². The van der Waals surface area contributed by atoms with Crippen LogP contribution in [0.4, 0.5) is 57.9 Å². The zero-order valence-electron chi connectivity index (χ0n) is 41.5. The maximum Gasteiger partial charge on any atom is 0.489 e. The summed E-state index contributed by atoms with van der Waals surface area (Å²) in [7, 11) is -5.48. The molecular formula is C53H45BBrF8N9O6S. The van der Waals surface area contributed by atoms with Gasteiger partial charge in [-0.05, 0) is 103 Å². The van der Waals surface area contributed by atoms with E-state index in [1.54, 1.807) is 18.2 Å². The smallest absolute Gasteiger partial charge is 0.423 e. The first kappa shape index (κ1) is 60.2. The van der Waals surface area contributed by atoms with Gasteiger partial charge in [-0.25, -0.2) is 21.9 Å². The van der Waals surface area contributed by atoms with Crippen LogP contribution in [-0.4, -0.2) is 79.8 Å². The van der Waals surface area contributed by atoms with Gasteiger partial charge in [-0.1, -0.05) is 89.9 Å². The van der Waals surface area contributed by atoms with Gasteiger partial charge >= 0.3 is 19.5 Å². The summed E-state index contributed by atoms with van der Waals surface area (Å²) in [6.45, 7) is 4.19. The number of nitriles is 2. The number of halogens is 9. The van der Waals surface area contributed by atoms with Gasteiger partial charge in [-0.2, -0.15) is 47.1 Å². The number of hydrogen-bond acceptors (Lipinski definition) is 12. The molecule has 79 heavy (non-hydrogen) atoms. The molecule has 2 aliphatic rings. The lowest BCUT2D eigenvalue weighted by Crippen LogP contribution is -2.39. The predicted octanol–water partition coefficient (Wildman–Crippen LogP) is 9.85. The maximum absolute atomic E-state index is 14.8. The van der Waals surface area contributed by atoms with E-state index in [2.05, 4.69) is 41.5 Å². The van der Waals surface area contributed by atoms with Gasteiger partial charge in [0.15, 0.2) is 0 Å². The minimum Gasteiger partial charge on any atom is -0.423 e. The van der Waals surface area contributed by atoms with E-state index in [1.807, 2.05) is 50.3 Å². The standard InChI is InChI=1S/C25H18F4N4O.C18H11BrF4N4O.C10H16BNO4S/c1-15-5-2-3-8-19(15)17-9-10-21(20(26)12-17)31-24(34)22-13-23(25(27,28)29)32-33(22)18-7-4-6-16(11-18)14-30;19-11-4-5-14(13(20)7-11)25-17(28)15-8-16(18(21,22)23)26-27(15)12-3-1-2-10(6-12)9-24;1-2-3-8-12-17(15,16)10-7-5-4-6-9(10)11(13)14/h2-12,22H,13H2,1H3,(H,31,34);1-7,15H,8H2,(H,25,28);4-7,12-14H,2-3,8H2,1H3. The minimum absolute atomic E-state index is 0.0171. The molecule has 15 nitrogen and oxygen atoms in total. The number of sulfonamides is 1. The molecule has 0 radical (unpaired) electrons. The molecule has 6 aromatic carbocycles. The van der Waals surface area contributed by atoms with Crippen LogP contribution in [0.15, 0.2) is 153 Å². The predicted molar refractivity (Wildman–Crippen MR) is 285 cm³/mol. The van der Waals surface area contributed by atoms with Crippen molar-refractivity contribution in [3.05, 3.63) is 166 Å². The van der Waals surface area contributed by atoms with Crippen LogP contribution < -0.4 is 30.8 Å². The molecule has 2 unspecified atom stereocenters. The van der Waals surface area contributed by atoms with E-state index in [0.717, 1.165) is 40.1 Å². The van der Waals surface area contributed by atoms with Crippen molar-refractivity contribution in [3.8, 4) is 23.3 Å². The summed E-state index contributed by atoms with van der Waals surface area (Å²) in [5.41, 5.74) is 0.451. The van der Waals surface area contributed by atoms with Crippen molar-refractivity contribution in [2.45, 2.75) is 68.9 Å². The number of unbranched alkanes of at least 4 members (excludes halogenated alkanes) is 1. The van der Waals surface area contributed by atoms with Gasteiger partial charge in [-0.15, -0.1) is 0 Å². The topological polar surface area (TPSA) is 224 Å². The van der Waals surface area contributed by atoms with Crippen LogP contribution in [0.2, 0.25) is 0 Å². The highest BCUT2D eigenvalue weighted by molar-refractivity contribution is 9.10. The lowest BCUT2D eigenvalue weighted by Gasteiger charge is -2.23. The lowest BCUT2D eigenvalue weighted by molar-refractivity contribution is -0.118. The number of carbonyl (C=O) groups excluding carboxylic acids is 2. The van der Waals surface area contributed by atoms with E-state index in [9.17, 15) is 53.1 Å². The van der Waals surface area contributed by atoms with Crippen molar-refractivity contribution in [2.24, 2.45) is 10.2 Å². The highest BCUT2D eigenvalue weighted by atomic mass is 79.9. The Morgan fingerprint density at radius 2 is 1.20 bits per heavy atom. The first-order valence-electron chi connectivity index (χ1n) is 23.6. The number of carbonyl (C=O) groups is 2. The molecule has 26 heteroatoms. The summed E-state index contributed by atoms with van der Waals surface area (Å²) < 4.78 is 135. The first-order valence-corrected chi connectivity index (χ1v) is 25.9. The average molecular weight is 1180 g/mol. The average Bonchev–Trinajstić information content (AvgIpc) is 4.27. The number of amides is 2. The second-order valence-corrected chi connectivity index (χ2v) is 20.0. The van der Waals surface area contributed by atoms with Crippen LogP contribution in [0, 0.1) is 41.2 Å². The summed E-state index contributed by atoms with van der Waals surface area (Å²) in [6.07, 6.45) is -9.25. The fourth-order valence-electron chi connectivity index (χ4n) is 7.79. The van der Waals surface area contributed by atoms with Gasteiger partial charge in [0, 0.05) is 29.3 Å². The van der Waals surface area contributed by atoms with Gasteiger partial charge in [0.05, 0.1) is 50.9 Å². The third kappa shape index (κ3) is 15.6. The maximum atomic E-state index is 14.8. The van der Waals surface area contributed by atoms with Crippen molar-refractivity contribution in [1.82, 2.24) is 4.72 Å². The van der Waals surface area contributed by atoms with Crippen LogP contribution in [0.3, 0.4) is 0 Å². The number of hydrogen-bond donors (Lipinski definition) is 5. The number of nitrogens with one attached hydrogen (secondary N) is 3. The molecule has 0 aliphatic carbocycles. The molecule has 0 fully saturated rings. The summed E-state index contributed by atoms with van der Waals surface area (Å²) in [5, 5.41) is 49.9. The molecule has 2 amide bonds. The Labute approximate surface area is 456 Å². The quantitative estimate of drug-likeness (QED) is 0.0418. The fourth-order valence-corrected chi connectivity index (χ4v) is 9.43. The molecule has 0 saturated carbocycles. The molecular weight excluding hydrogens is 1130 g/mol. The molecule has 0 bridgehead atoms. The van der Waals surface area contributed by atoms with Crippen molar-refractivity contribution in [1.29, 1.82) is 10.5 Å². The molecule has 6 aromatic rings. The molecule has 5 N–H and O–H groups in total. The van der Waals surface area contributed by atoms with Crippen LogP contribution in [0.5, 0.6) is 0 Å². The zero-order valence-corrected chi connectivity index (χ0v) is 43.9. The SMILES string of the molecule is CCCCNS(=O)(=O)c1ccccc1B(O)O.Cc1ccccc1-c1ccc(NC(=O)C2CC(C(F)(F)F)=NN2c2cccc(C#N)c2)c(F)c1.N#Cc1cccc(N2N=C(C(F)(F)F)CC2C(=O)Nc2ccc(Br)cc2F)c1. The third-order valence-electron chi connectivity index (χ3n) is 11.7. The number of benzene rings is 6. The lowest BCUT2D eigenvalue weighted by atomic mass is 9.80. The highest BCUT2D eigenvalue weighted by Gasteiger charge is 2.47. The Bertz CT molecular complexity index is 3480. The molecule has 410 valence electrons. The molecule has 2 aliphatic heterocycles. The monoisotopic (exact) mass is 1180 g/mol. The largest absolute Gasteiger partial charge is 0.489 e. The second-order valence-electron chi connectivity index (χ2n) is 17.3. The summed E-state index contributed by atoms with van der Waals surface area (Å²) in [4.78, 5) is 25.5. The summed E-state index contributed by atoms with van der Waals surface area (Å²) in [5.74, 6) is -3.17. The summed E-state index contributed by atoms with van der Waals surface area (Å²) >= 11 is 3.08. The molecule has 0 spiro atoms. The van der Waals surface area contributed by atoms with Crippen LogP contribution in [0.1, 0.15) is 49.3 Å². The van der Waals surface area contributed by atoms with Gasteiger partial charge in [0.1, 0.15) is 35.1 Å². The van der Waals surface area contributed by atoms with Crippen LogP contribution in [-0.2, 0) is 19.6 Å². The Morgan fingerprint density at radius 3 is 1.67 bits per heavy atom. The Kier molecular flexibility index (Phi) is 19.9. The summed E-state index contributed by atoms with van der Waals surface area (Å²) in [6, 6.07) is 33.9. The van der Waals surface area contributed by atoms with Crippen molar-refractivity contribution >= 4 is 84.5 Å². The second kappa shape index (κ2) is 26.1. The highest BCUT2D eigenvalue weighted by Crippen LogP contribution is 2.35. The molecule has 2 atom stereocenters. The van der Waals surface area contributed by atoms with Crippen LogP contribution >= 0.6 is 15.9 Å². The number of alkyl halides is 6. The van der Waals surface area contributed by atoms with Crippen molar-refractivity contribution in [2.75, 3.05) is 27.2 Å². The Hall–Kier alpha value is -8.01. The Morgan fingerprint density at radius 1 is 0.709 bits per heavy atom. The number of nitrogens with zero attached hydrogens (tertiary/aromatic N) is 6. The number of hydrazone groups is 2. The zero-order chi connectivity index (χ0) is 57.8. The number of aryl methyl sites for hydroxylation is 1. The van der Waals surface area contributed by atoms with Crippen molar-refractivity contribution in [3.63, 3.8) is 0 Å². The van der Waals surface area contributed by atoms with E-state index in [-0.39, 0.29) is 44.2 Å². The van der Waals surface area contributed by atoms with Gasteiger partial charge < -0.3 is 20.7 Å². The Balaban J connectivity index is 0.000000202. The van der Waals surface area contributed by atoms with Gasteiger partial charge in [0.2, 0.25) is 21.8 Å². The van der Waals surface area contributed by atoms with E-state index >= 15 is 0 Å². The number of anilines is 4. The normalized spacial score (nSPS) is 15.0. The van der Waals surface area contributed by atoms with Gasteiger partial charge in [0.25, 0.3) is 0 Å². The van der Waals surface area contributed by atoms with E-state index in [0.29, 0.717) is 16.6 Å². The fraction of sp³-hybridized carbons (Fsp3) is 0.208. The van der Waals surface area contributed by atoms with Crippen molar-refractivity contribution < 1.29 is 63.2 Å².